The molecule has 0 radical (unpaired) electrons. The zero-order chi connectivity index (χ0) is 20.9. The summed E-state index contributed by atoms with van der Waals surface area (Å²) in [6, 6.07) is 8.09. The highest BCUT2D eigenvalue weighted by Gasteiger charge is 2.52. The Morgan fingerprint density at radius 2 is 1.86 bits per heavy atom. The summed E-state index contributed by atoms with van der Waals surface area (Å²) < 4.78 is 10.3. The SMILES string of the molecule is COC(=O)[C@@H]1S[C@@H](C(=O)OC(C)(C)C)N(C(=O)CN=[N+]=[N-])[C@H]1c1ccccc1. The van der Waals surface area contributed by atoms with Gasteiger partial charge in [-0.15, -0.1) is 11.8 Å². The lowest BCUT2D eigenvalue weighted by Gasteiger charge is -2.30. The zero-order valence-corrected chi connectivity index (χ0v) is 16.9. The third kappa shape index (κ3) is 4.96. The molecule has 2 rings (SSSR count). The van der Waals surface area contributed by atoms with Crippen LogP contribution in [-0.4, -0.2) is 52.6 Å². The second-order valence-electron chi connectivity index (χ2n) is 7.01. The van der Waals surface area contributed by atoms with E-state index in [-0.39, 0.29) is 0 Å². The van der Waals surface area contributed by atoms with E-state index in [4.69, 9.17) is 15.0 Å². The van der Waals surface area contributed by atoms with Crippen LogP contribution in [0, 0.1) is 0 Å². The van der Waals surface area contributed by atoms with E-state index in [1.807, 2.05) is 0 Å². The topological polar surface area (TPSA) is 122 Å². The van der Waals surface area contributed by atoms with Crippen LogP contribution in [0.4, 0.5) is 0 Å². The van der Waals surface area contributed by atoms with Crippen molar-refractivity contribution in [1.82, 2.24) is 4.90 Å². The molecule has 28 heavy (non-hydrogen) atoms. The Balaban J connectivity index is 2.51. The van der Waals surface area contributed by atoms with Crippen molar-refractivity contribution in [2.45, 2.75) is 43.0 Å². The number of benzene rings is 1. The number of amides is 1. The van der Waals surface area contributed by atoms with Gasteiger partial charge >= 0.3 is 11.9 Å². The quantitative estimate of drug-likeness (QED) is 0.321. The van der Waals surface area contributed by atoms with Crippen LogP contribution >= 0.6 is 11.8 Å². The van der Waals surface area contributed by atoms with Gasteiger partial charge < -0.3 is 14.4 Å². The molecule has 9 nitrogen and oxygen atoms in total. The molecule has 1 saturated heterocycles. The van der Waals surface area contributed by atoms with Crippen molar-refractivity contribution in [3.05, 3.63) is 46.3 Å². The molecule has 0 saturated carbocycles. The van der Waals surface area contributed by atoms with Gasteiger partial charge in [-0.3, -0.25) is 9.59 Å². The monoisotopic (exact) mass is 406 g/mol. The molecule has 0 aromatic heterocycles. The summed E-state index contributed by atoms with van der Waals surface area (Å²) in [7, 11) is 1.25. The van der Waals surface area contributed by atoms with Gasteiger partial charge in [0.25, 0.3) is 0 Å². The number of azide groups is 1. The third-order valence-electron chi connectivity index (χ3n) is 3.85. The smallest absolute Gasteiger partial charge is 0.340 e. The molecular formula is C18H22N4O5S. The van der Waals surface area contributed by atoms with Crippen LogP contribution in [0.25, 0.3) is 10.4 Å². The van der Waals surface area contributed by atoms with Gasteiger partial charge in [0, 0.05) is 4.91 Å². The molecular weight excluding hydrogens is 384 g/mol. The molecule has 1 aliphatic rings. The van der Waals surface area contributed by atoms with E-state index < -0.39 is 46.7 Å². The van der Waals surface area contributed by atoms with Crippen LogP contribution in [-0.2, 0) is 23.9 Å². The average Bonchev–Trinajstić information content (AvgIpc) is 3.05. The van der Waals surface area contributed by atoms with E-state index in [0.717, 1.165) is 11.8 Å². The fourth-order valence-corrected chi connectivity index (χ4v) is 4.30. The van der Waals surface area contributed by atoms with Crippen molar-refractivity contribution in [3.63, 3.8) is 0 Å². The lowest BCUT2D eigenvalue weighted by atomic mass is 10.0. The molecule has 1 amide bonds. The first-order valence-electron chi connectivity index (χ1n) is 8.52. The van der Waals surface area contributed by atoms with E-state index in [2.05, 4.69) is 10.0 Å². The second-order valence-corrected chi connectivity index (χ2v) is 8.24. The van der Waals surface area contributed by atoms with Crippen molar-refractivity contribution in [3.8, 4) is 0 Å². The van der Waals surface area contributed by atoms with Crippen molar-refractivity contribution in [2.75, 3.05) is 13.7 Å². The molecule has 10 heteroatoms. The van der Waals surface area contributed by atoms with Gasteiger partial charge in [0.1, 0.15) is 17.4 Å². The lowest BCUT2D eigenvalue weighted by Crippen LogP contribution is -2.45. The lowest BCUT2D eigenvalue weighted by molar-refractivity contribution is -0.161. The summed E-state index contributed by atoms with van der Waals surface area (Å²) in [5.74, 6) is -1.80. The number of hydrogen-bond donors (Lipinski definition) is 0. The van der Waals surface area contributed by atoms with E-state index in [1.54, 1.807) is 51.1 Å². The fourth-order valence-electron chi connectivity index (χ4n) is 2.84. The van der Waals surface area contributed by atoms with E-state index in [9.17, 15) is 14.4 Å². The molecule has 0 N–H and O–H groups in total. The Hall–Kier alpha value is -2.71. The highest BCUT2D eigenvalue weighted by Crippen LogP contribution is 2.46. The molecule has 1 heterocycles. The molecule has 0 unspecified atom stereocenters. The van der Waals surface area contributed by atoms with Crippen molar-refractivity contribution >= 4 is 29.6 Å². The molecule has 150 valence electrons. The first kappa shape index (κ1) is 21.6. The zero-order valence-electron chi connectivity index (χ0n) is 16.1. The molecule has 1 fully saturated rings. The van der Waals surface area contributed by atoms with Gasteiger partial charge in [0.2, 0.25) is 5.91 Å². The van der Waals surface area contributed by atoms with Gasteiger partial charge in [-0.25, -0.2) is 4.79 Å². The first-order valence-corrected chi connectivity index (χ1v) is 9.47. The number of rotatable bonds is 5. The van der Waals surface area contributed by atoms with Crippen LogP contribution in [0.1, 0.15) is 32.4 Å². The Kier molecular flexibility index (Phi) is 6.93. The Morgan fingerprint density at radius 1 is 1.21 bits per heavy atom. The number of methoxy groups -OCH3 is 1. The number of ether oxygens (including phenoxy) is 2. The first-order chi connectivity index (χ1) is 13.2. The van der Waals surface area contributed by atoms with Crippen LogP contribution in [0.3, 0.4) is 0 Å². The maximum atomic E-state index is 12.8. The van der Waals surface area contributed by atoms with E-state index in [1.165, 1.54) is 12.0 Å². The minimum absolute atomic E-state index is 0.479. The molecule has 0 bridgehead atoms. The predicted octanol–water partition coefficient (Wildman–Crippen LogP) is 2.82. The van der Waals surface area contributed by atoms with Gasteiger partial charge in [-0.05, 0) is 31.9 Å². The number of esters is 2. The van der Waals surface area contributed by atoms with Crippen molar-refractivity contribution < 1.29 is 23.9 Å². The normalized spacial score (nSPS) is 21.6. The molecule has 1 aromatic carbocycles. The Bertz CT molecular complexity index is 789. The van der Waals surface area contributed by atoms with Crippen molar-refractivity contribution in [1.29, 1.82) is 0 Å². The van der Waals surface area contributed by atoms with Crippen molar-refractivity contribution in [2.24, 2.45) is 5.11 Å². The highest BCUT2D eigenvalue weighted by molar-refractivity contribution is 8.02. The van der Waals surface area contributed by atoms with Gasteiger partial charge in [-0.1, -0.05) is 35.4 Å². The summed E-state index contributed by atoms with van der Waals surface area (Å²) in [6.07, 6.45) is 0. The van der Waals surface area contributed by atoms with Gasteiger partial charge in [0.15, 0.2) is 5.37 Å². The Labute approximate surface area is 167 Å². The number of nitrogens with zero attached hydrogens (tertiary/aromatic N) is 4. The number of thioether (sulfide) groups is 1. The summed E-state index contributed by atoms with van der Waals surface area (Å²) in [5.41, 5.74) is 8.45. The van der Waals surface area contributed by atoms with E-state index in [0.29, 0.717) is 5.56 Å². The number of carbonyl (C=O) groups is 3. The largest absolute Gasteiger partial charge is 0.468 e. The second kappa shape index (κ2) is 8.99. The molecule has 0 spiro atoms. The van der Waals surface area contributed by atoms with Gasteiger partial charge in [0.05, 0.1) is 13.2 Å². The van der Waals surface area contributed by atoms with E-state index >= 15 is 0 Å². The number of hydrogen-bond acceptors (Lipinski definition) is 7. The standard InChI is InChI=1S/C18H22N4O5S/c1-18(2,3)27-17(25)15-22(12(23)10-20-21-19)13(11-8-6-5-7-9-11)14(28-15)16(24)26-4/h5-9,13-15H,10H2,1-4H3/t13-,14+,15-/m0/s1. The van der Waals surface area contributed by atoms with Crippen LogP contribution in [0.2, 0.25) is 0 Å². The predicted molar refractivity (Wildman–Crippen MR) is 103 cm³/mol. The highest BCUT2D eigenvalue weighted by atomic mass is 32.2. The summed E-state index contributed by atoms with van der Waals surface area (Å²) in [6.45, 7) is 4.66. The van der Waals surface area contributed by atoms with Gasteiger partial charge in [-0.2, -0.15) is 0 Å². The summed E-state index contributed by atoms with van der Waals surface area (Å²) >= 11 is 0.986. The molecule has 3 atom stereocenters. The summed E-state index contributed by atoms with van der Waals surface area (Å²) in [5, 5.41) is 1.41. The summed E-state index contributed by atoms with van der Waals surface area (Å²) in [4.78, 5) is 41.9. The van der Waals surface area contributed by atoms with Crippen LogP contribution in [0.15, 0.2) is 35.4 Å². The van der Waals surface area contributed by atoms with Crippen LogP contribution in [0.5, 0.6) is 0 Å². The molecule has 1 aliphatic heterocycles. The maximum absolute atomic E-state index is 12.8. The molecule has 1 aromatic rings. The molecule has 0 aliphatic carbocycles. The number of carbonyl (C=O) groups excluding carboxylic acids is 3. The maximum Gasteiger partial charge on any atom is 0.340 e. The minimum atomic E-state index is -1.07. The third-order valence-corrected chi connectivity index (χ3v) is 5.28. The average molecular weight is 406 g/mol. The Morgan fingerprint density at radius 3 is 2.39 bits per heavy atom. The van der Waals surface area contributed by atoms with Crippen LogP contribution < -0.4 is 0 Å². The minimum Gasteiger partial charge on any atom is -0.468 e. The fraction of sp³-hybridized carbons (Fsp3) is 0.500.